The Morgan fingerprint density at radius 2 is 2.12 bits per heavy atom. The number of ketones is 1. The summed E-state index contributed by atoms with van der Waals surface area (Å²) in [5.41, 5.74) is 0.0839. The number of phenols is 1. The fourth-order valence-electron chi connectivity index (χ4n) is 1.17. The molecule has 0 unspecified atom stereocenters. The molecule has 1 aromatic carbocycles. The van der Waals surface area contributed by atoms with Gasteiger partial charge in [-0.15, -0.1) is 0 Å². The lowest BCUT2D eigenvalue weighted by Gasteiger charge is -2.08. The third kappa shape index (κ3) is 2.73. The molecule has 0 atom stereocenters. The van der Waals surface area contributed by atoms with Crippen LogP contribution in [0.15, 0.2) is 18.2 Å². The van der Waals surface area contributed by atoms with E-state index in [0.717, 1.165) is 0 Å². The van der Waals surface area contributed by atoms with Crippen molar-refractivity contribution in [3.05, 3.63) is 23.8 Å². The average Bonchev–Trinajstić information content (AvgIpc) is 2.26. The molecular formula is C11H13NO4. The highest BCUT2D eigenvalue weighted by molar-refractivity contribution is 5.99. The van der Waals surface area contributed by atoms with Crippen LogP contribution in [0.4, 0.5) is 0 Å². The quantitative estimate of drug-likeness (QED) is 0.788. The number of aromatic hydroxyl groups is 1. The van der Waals surface area contributed by atoms with Gasteiger partial charge in [0, 0.05) is 0 Å². The van der Waals surface area contributed by atoms with Crippen molar-refractivity contribution < 1.29 is 19.4 Å². The molecule has 5 nitrogen and oxygen atoms in total. The predicted molar refractivity (Wildman–Crippen MR) is 57.7 cm³/mol. The largest absolute Gasteiger partial charge is 0.504 e. The minimum atomic E-state index is -0.508. The Labute approximate surface area is 93.0 Å². The molecule has 0 aliphatic rings. The Morgan fingerprint density at radius 3 is 2.69 bits per heavy atom. The number of carbonyl (C=O) groups is 2. The molecule has 0 saturated carbocycles. The van der Waals surface area contributed by atoms with Crippen molar-refractivity contribution in [2.75, 3.05) is 13.7 Å². The molecule has 0 radical (unpaired) electrons. The number of hydrogen-bond donors (Lipinski definition) is 2. The maximum atomic E-state index is 11.6. The molecule has 0 fully saturated rings. The normalized spacial score (nSPS) is 9.62. The highest BCUT2D eigenvalue weighted by Crippen LogP contribution is 2.28. The first-order chi connectivity index (χ1) is 7.56. The maximum Gasteiger partial charge on any atom is 0.255 e. The standard InChI is InChI=1S/C11H13NO4/c1-7(13)6-12-11(15)8-4-3-5-9(16-2)10(8)14/h3-5,14H,6H2,1-2H3,(H,12,15). The molecule has 1 aromatic rings. The first-order valence-electron chi connectivity index (χ1n) is 4.70. The van der Waals surface area contributed by atoms with Gasteiger partial charge in [-0.3, -0.25) is 9.59 Å². The molecule has 1 rings (SSSR count). The molecule has 1 amide bonds. The van der Waals surface area contributed by atoms with Gasteiger partial charge >= 0.3 is 0 Å². The van der Waals surface area contributed by atoms with E-state index in [1.807, 2.05) is 0 Å². The van der Waals surface area contributed by atoms with E-state index in [2.05, 4.69) is 5.32 Å². The minimum Gasteiger partial charge on any atom is -0.504 e. The number of benzene rings is 1. The van der Waals surface area contributed by atoms with Gasteiger partial charge in [0.25, 0.3) is 5.91 Å². The summed E-state index contributed by atoms with van der Waals surface area (Å²) >= 11 is 0. The monoisotopic (exact) mass is 223 g/mol. The van der Waals surface area contributed by atoms with Gasteiger partial charge in [0.1, 0.15) is 5.78 Å². The average molecular weight is 223 g/mol. The number of Topliss-reactive ketones (excluding diaryl/α,β-unsaturated/α-hetero) is 1. The topological polar surface area (TPSA) is 75.6 Å². The van der Waals surface area contributed by atoms with Gasteiger partial charge < -0.3 is 15.2 Å². The zero-order valence-electron chi connectivity index (χ0n) is 9.11. The number of phenolic OH excluding ortho intramolecular Hbond substituents is 1. The summed E-state index contributed by atoms with van der Waals surface area (Å²) < 4.78 is 4.86. The van der Waals surface area contributed by atoms with Crippen molar-refractivity contribution >= 4 is 11.7 Å². The molecule has 86 valence electrons. The number of hydrogen-bond acceptors (Lipinski definition) is 4. The van der Waals surface area contributed by atoms with Crippen molar-refractivity contribution in [1.29, 1.82) is 0 Å². The summed E-state index contributed by atoms with van der Waals surface area (Å²) in [6, 6.07) is 4.58. The highest BCUT2D eigenvalue weighted by atomic mass is 16.5. The molecule has 0 aromatic heterocycles. The van der Waals surface area contributed by atoms with Gasteiger partial charge in [-0.25, -0.2) is 0 Å². The van der Waals surface area contributed by atoms with Crippen LogP contribution in [0.5, 0.6) is 11.5 Å². The second-order valence-electron chi connectivity index (χ2n) is 3.24. The Bertz CT molecular complexity index is 414. The molecule has 5 heteroatoms. The number of carbonyl (C=O) groups excluding carboxylic acids is 2. The van der Waals surface area contributed by atoms with Crippen LogP contribution in [0.3, 0.4) is 0 Å². The number of para-hydroxylation sites is 1. The Kier molecular flexibility index (Phi) is 3.88. The molecule has 0 aliphatic heterocycles. The fraction of sp³-hybridized carbons (Fsp3) is 0.273. The predicted octanol–water partition coefficient (Wildman–Crippen LogP) is 0.720. The van der Waals surface area contributed by atoms with Crippen LogP contribution in [-0.4, -0.2) is 30.5 Å². The zero-order chi connectivity index (χ0) is 12.1. The lowest BCUT2D eigenvalue weighted by molar-refractivity contribution is -0.116. The summed E-state index contributed by atoms with van der Waals surface area (Å²) in [7, 11) is 1.40. The molecule has 0 bridgehead atoms. The van der Waals surface area contributed by atoms with Crippen LogP contribution in [0.25, 0.3) is 0 Å². The van der Waals surface area contributed by atoms with E-state index in [9.17, 15) is 14.7 Å². The summed E-state index contributed by atoms with van der Waals surface area (Å²) in [5.74, 6) is -0.677. The Balaban J connectivity index is 2.87. The van der Waals surface area contributed by atoms with E-state index in [1.165, 1.54) is 26.2 Å². The molecular weight excluding hydrogens is 210 g/mol. The number of rotatable bonds is 4. The van der Waals surface area contributed by atoms with E-state index in [-0.39, 0.29) is 29.4 Å². The van der Waals surface area contributed by atoms with E-state index >= 15 is 0 Å². The van der Waals surface area contributed by atoms with Crippen LogP contribution in [0.2, 0.25) is 0 Å². The smallest absolute Gasteiger partial charge is 0.255 e. The van der Waals surface area contributed by atoms with Crippen molar-refractivity contribution in [2.24, 2.45) is 0 Å². The summed E-state index contributed by atoms with van der Waals surface area (Å²) in [6.45, 7) is 1.31. The van der Waals surface area contributed by atoms with Gasteiger partial charge in [0.15, 0.2) is 11.5 Å². The number of nitrogens with one attached hydrogen (secondary N) is 1. The first-order valence-corrected chi connectivity index (χ1v) is 4.70. The SMILES string of the molecule is COc1cccc(C(=O)NCC(C)=O)c1O. The van der Waals surface area contributed by atoms with Gasteiger partial charge in [0.2, 0.25) is 0 Å². The van der Waals surface area contributed by atoms with E-state index in [1.54, 1.807) is 6.07 Å². The molecule has 16 heavy (non-hydrogen) atoms. The third-order valence-electron chi connectivity index (χ3n) is 1.96. The van der Waals surface area contributed by atoms with Crippen molar-refractivity contribution in [1.82, 2.24) is 5.32 Å². The van der Waals surface area contributed by atoms with Crippen molar-refractivity contribution in [3.63, 3.8) is 0 Å². The van der Waals surface area contributed by atoms with E-state index in [0.29, 0.717) is 0 Å². The highest BCUT2D eigenvalue weighted by Gasteiger charge is 2.14. The lowest BCUT2D eigenvalue weighted by Crippen LogP contribution is -2.28. The zero-order valence-corrected chi connectivity index (χ0v) is 9.11. The molecule has 0 heterocycles. The van der Waals surface area contributed by atoms with Gasteiger partial charge in [-0.05, 0) is 19.1 Å². The van der Waals surface area contributed by atoms with E-state index < -0.39 is 5.91 Å². The number of amides is 1. The summed E-state index contributed by atoms with van der Waals surface area (Å²) in [6.07, 6.45) is 0. The second kappa shape index (κ2) is 5.16. The molecule has 0 saturated heterocycles. The van der Waals surface area contributed by atoms with Gasteiger partial charge in [-0.1, -0.05) is 6.07 Å². The molecule has 0 aliphatic carbocycles. The van der Waals surface area contributed by atoms with Crippen LogP contribution < -0.4 is 10.1 Å². The Hall–Kier alpha value is -2.04. The van der Waals surface area contributed by atoms with Crippen LogP contribution in [-0.2, 0) is 4.79 Å². The number of ether oxygens (including phenoxy) is 1. The maximum absolute atomic E-state index is 11.6. The summed E-state index contributed by atoms with van der Waals surface area (Å²) in [5, 5.41) is 12.0. The number of methoxy groups -OCH3 is 1. The third-order valence-corrected chi connectivity index (χ3v) is 1.96. The second-order valence-corrected chi connectivity index (χ2v) is 3.24. The Morgan fingerprint density at radius 1 is 1.44 bits per heavy atom. The molecule has 0 spiro atoms. The van der Waals surface area contributed by atoms with Gasteiger partial charge in [0.05, 0.1) is 19.2 Å². The van der Waals surface area contributed by atoms with Gasteiger partial charge in [-0.2, -0.15) is 0 Å². The fourth-order valence-corrected chi connectivity index (χ4v) is 1.17. The first kappa shape index (κ1) is 12.0. The van der Waals surface area contributed by atoms with Crippen LogP contribution >= 0.6 is 0 Å². The summed E-state index contributed by atoms with van der Waals surface area (Å²) in [4.78, 5) is 22.2. The van der Waals surface area contributed by atoms with Crippen molar-refractivity contribution in [2.45, 2.75) is 6.92 Å². The minimum absolute atomic E-state index is 0.0600. The van der Waals surface area contributed by atoms with Crippen molar-refractivity contribution in [3.8, 4) is 11.5 Å². The van der Waals surface area contributed by atoms with Crippen LogP contribution in [0.1, 0.15) is 17.3 Å². The van der Waals surface area contributed by atoms with E-state index in [4.69, 9.17) is 4.74 Å². The molecule has 2 N–H and O–H groups in total. The lowest BCUT2D eigenvalue weighted by atomic mass is 10.1. The van der Waals surface area contributed by atoms with Crippen LogP contribution in [0, 0.1) is 0 Å².